The number of aromatic amines is 1. The normalized spacial score (nSPS) is 17.4. The topological polar surface area (TPSA) is 128 Å². The van der Waals surface area contributed by atoms with Crippen LogP contribution in [0.4, 0.5) is 5.82 Å². The highest BCUT2D eigenvalue weighted by molar-refractivity contribution is 7.88. The van der Waals surface area contributed by atoms with Crippen LogP contribution in [0, 0.1) is 0 Å². The van der Waals surface area contributed by atoms with Gasteiger partial charge in [-0.25, -0.2) is 18.4 Å². The molecule has 45 heavy (non-hydrogen) atoms. The average molecular weight is 655 g/mol. The van der Waals surface area contributed by atoms with Gasteiger partial charge in [-0.1, -0.05) is 18.6 Å². The molecule has 0 unspecified atom stereocenters. The van der Waals surface area contributed by atoms with Gasteiger partial charge in [-0.15, -0.1) is 11.3 Å². The van der Waals surface area contributed by atoms with Crippen LogP contribution in [0.5, 0.6) is 0 Å². The van der Waals surface area contributed by atoms with Gasteiger partial charge in [0.05, 0.1) is 34.8 Å². The smallest absolute Gasteiger partial charge is 0.305 e. The third-order valence-corrected chi connectivity index (χ3v) is 11.1. The Morgan fingerprint density at radius 2 is 1.78 bits per heavy atom. The number of thiophene rings is 1. The Kier molecular flexibility index (Phi) is 9.95. The summed E-state index contributed by atoms with van der Waals surface area (Å²) in [6.07, 6.45) is 6.58. The first-order valence-corrected chi connectivity index (χ1v) is 18.5. The number of aromatic nitrogens is 4. The second-order valence-electron chi connectivity index (χ2n) is 11.8. The Balaban J connectivity index is 1.18. The Bertz CT molecular complexity index is 1720. The SMILES string of the molecule is CCOC(=O)CCCCCN1CCN(c2nc(-c3cccc4[nH]ncc34)nc3cc(CN4CCN(S(C)(=O)=O)CC4)sc23)CC1. The highest BCUT2D eigenvalue weighted by Gasteiger charge is 2.26. The van der Waals surface area contributed by atoms with Gasteiger partial charge in [-0.05, 0) is 38.4 Å². The number of sulfonamides is 1. The van der Waals surface area contributed by atoms with Crippen LogP contribution in [0.2, 0.25) is 0 Å². The molecule has 1 aromatic carbocycles. The van der Waals surface area contributed by atoms with Crippen molar-refractivity contribution in [3.63, 3.8) is 0 Å². The standard InChI is InChI=1S/C31H42N8O4S2/c1-3-43-28(40)10-5-4-6-11-36-12-16-38(17-13-36)31-29-27(33-30(34-31)24-8-7-9-26-25(24)21-32-35-26)20-23(44-29)22-37-14-18-39(19-15-37)45(2,41)42/h7-9,20-21H,3-6,10-19,22H2,1-2H3,(H,32,35). The number of H-pyrrole nitrogens is 1. The minimum absolute atomic E-state index is 0.100. The largest absolute Gasteiger partial charge is 0.466 e. The van der Waals surface area contributed by atoms with Gasteiger partial charge in [0.2, 0.25) is 10.0 Å². The second-order valence-corrected chi connectivity index (χ2v) is 14.9. The van der Waals surface area contributed by atoms with Crippen molar-refractivity contribution >= 4 is 54.3 Å². The number of hydrogen-bond acceptors (Lipinski definition) is 11. The molecular formula is C31H42N8O4S2. The number of rotatable bonds is 12. The predicted molar refractivity (Wildman–Crippen MR) is 178 cm³/mol. The molecule has 3 aromatic heterocycles. The van der Waals surface area contributed by atoms with Crippen LogP contribution in [0.15, 0.2) is 30.5 Å². The molecule has 1 N–H and O–H groups in total. The summed E-state index contributed by atoms with van der Waals surface area (Å²) >= 11 is 1.74. The molecule has 2 fully saturated rings. The Hall–Kier alpha value is -3.17. The lowest BCUT2D eigenvalue weighted by molar-refractivity contribution is -0.143. The number of piperazine rings is 2. The van der Waals surface area contributed by atoms with E-state index in [0.717, 1.165) is 91.0 Å². The molecule has 0 amide bonds. The molecule has 2 saturated heterocycles. The maximum absolute atomic E-state index is 12.0. The van der Waals surface area contributed by atoms with E-state index >= 15 is 0 Å². The van der Waals surface area contributed by atoms with Crippen molar-refractivity contribution in [2.75, 3.05) is 76.7 Å². The first-order chi connectivity index (χ1) is 21.8. The number of hydrogen-bond donors (Lipinski definition) is 1. The van der Waals surface area contributed by atoms with Crippen LogP contribution in [-0.2, 0) is 26.1 Å². The molecule has 4 aromatic rings. The van der Waals surface area contributed by atoms with E-state index in [1.54, 1.807) is 15.6 Å². The van der Waals surface area contributed by atoms with Crippen LogP contribution >= 0.6 is 11.3 Å². The molecule has 0 spiro atoms. The van der Waals surface area contributed by atoms with Crippen molar-refractivity contribution in [3.8, 4) is 11.4 Å². The molecule has 6 rings (SSSR count). The highest BCUT2D eigenvalue weighted by Crippen LogP contribution is 2.36. The van der Waals surface area contributed by atoms with Crippen molar-refractivity contribution in [2.24, 2.45) is 0 Å². The number of nitrogens with one attached hydrogen (secondary N) is 1. The van der Waals surface area contributed by atoms with Crippen LogP contribution < -0.4 is 4.90 Å². The number of carbonyl (C=O) groups excluding carboxylic acids is 1. The molecule has 2 aliphatic rings. The third kappa shape index (κ3) is 7.63. The number of carbonyl (C=O) groups is 1. The summed E-state index contributed by atoms with van der Waals surface area (Å²) in [7, 11) is -3.16. The third-order valence-electron chi connectivity index (χ3n) is 8.64. The van der Waals surface area contributed by atoms with Crippen molar-refractivity contribution in [2.45, 2.75) is 39.2 Å². The molecule has 0 saturated carbocycles. The van der Waals surface area contributed by atoms with E-state index < -0.39 is 10.0 Å². The molecule has 14 heteroatoms. The number of anilines is 1. The van der Waals surface area contributed by atoms with Crippen molar-refractivity contribution in [3.05, 3.63) is 35.3 Å². The summed E-state index contributed by atoms with van der Waals surface area (Å²) in [4.78, 5) is 30.3. The average Bonchev–Trinajstić information content (AvgIpc) is 3.67. The summed E-state index contributed by atoms with van der Waals surface area (Å²) in [5, 5.41) is 8.30. The second kappa shape index (κ2) is 14.1. The number of esters is 1. The van der Waals surface area contributed by atoms with E-state index in [-0.39, 0.29) is 5.97 Å². The Morgan fingerprint density at radius 3 is 2.53 bits per heavy atom. The zero-order valence-electron chi connectivity index (χ0n) is 26.1. The van der Waals surface area contributed by atoms with Crippen molar-refractivity contribution in [1.82, 2.24) is 34.3 Å². The monoisotopic (exact) mass is 654 g/mol. The lowest BCUT2D eigenvalue weighted by atomic mass is 10.1. The molecule has 0 bridgehead atoms. The number of fused-ring (bicyclic) bond motifs is 2. The highest BCUT2D eigenvalue weighted by atomic mass is 32.2. The summed E-state index contributed by atoms with van der Waals surface area (Å²) in [5.41, 5.74) is 2.85. The maximum atomic E-state index is 12.0. The van der Waals surface area contributed by atoms with Crippen LogP contribution in [-0.4, -0.2) is 120 Å². The van der Waals surface area contributed by atoms with Gasteiger partial charge < -0.3 is 9.64 Å². The molecule has 0 aliphatic carbocycles. The van der Waals surface area contributed by atoms with E-state index in [0.29, 0.717) is 45.0 Å². The molecule has 242 valence electrons. The van der Waals surface area contributed by atoms with Gasteiger partial charge in [0.15, 0.2) is 11.6 Å². The van der Waals surface area contributed by atoms with E-state index in [2.05, 4.69) is 37.0 Å². The number of ether oxygens (including phenoxy) is 1. The molecule has 5 heterocycles. The lowest BCUT2D eigenvalue weighted by Gasteiger charge is -2.35. The van der Waals surface area contributed by atoms with Gasteiger partial charge in [0.25, 0.3) is 0 Å². The number of benzene rings is 1. The van der Waals surface area contributed by atoms with Crippen LogP contribution in [0.1, 0.15) is 37.5 Å². The molecule has 0 radical (unpaired) electrons. The van der Waals surface area contributed by atoms with E-state index in [4.69, 9.17) is 14.7 Å². The zero-order chi connectivity index (χ0) is 31.4. The summed E-state index contributed by atoms with van der Waals surface area (Å²) in [6, 6.07) is 8.24. The quantitative estimate of drug-likeness (QED) is 0.179. The first kappa shape index (κ1) is 31.8. The molecule has 12 nitrogen and oxygen atoms in total. The van der Waals surface area contributed by atoms with Crippen LogP contribution in [0.25, 0.3) is 32.5 Å². The summed E-state index contributed by atoms with van der Waals surface area (Å²) < 4.78 is 31.6. The Labute approximate surface area is 268 Å². The van der Waals surface area contributed by atoms with Crippen molar-refractivity contribution < 1.29 is 17.9 Å². The van der Waals surface area contributed by atoms with Gasteiger partial charge in [0, 0.05) is 81.2 Å². The van der Waals surface area contributed by atoms with E-state index in [9.17, 15) is 13.2 Å². The number of unbranched alkanes of at least 4 members (excludes halogenated alkanes) is 2. The van der Waals surface area contributed by atoms with Gasteiger partial charge >= 0.3 is 5.97 Å². The molecule has 0 atom stereocenters. The minimum Gasteiger partial charge on any atom is -0.466 e. The molecule has 2 aliphatic heterocycles. The molecular weight excluding hydrogens is 613 g/mol. The number of nitrogens with zero attached hydrogens (tertiary/aromatic N) is 7. The fraction of sp³-hybridized carbons (Fsp3) is 0.548. The van der Waals surface area contributed by atoms with Gasteiger partial charge in [-0.3, -0.25) is 19.7 Å². The summed E-state index contributed by atoms with van der Waals surface area (Å²) in [5.74, 6) is 1.57. The van der Waals surface area contributed by atoms with Gasteiger partial charge in [0.1, 0.15) is 0 Å². The fourth-order valence-electron chi connectivity index (χ4n) is 6.18. The minimum atomic E-state index is -3.16. The van der Waals surface area contributed by atoms with E-state index in [1.807, 2.05) is 25.3 Å². The van der Waals surface area contributed by atoms with Crippen molar-refractivity contribution in [1.29, 1.82) is 0 Å². The Morgan fingerprint density at radius 1 is 1.00 bits per heavy atom. The fourth-order valence-corrected chi connectivity index (χ4v) is 8.16. The first-order valence-electron chi connectivity index (χ1n) is 15.8. The maximum Gasteiger partial charge on any atom is 0.305 e. The van der Waals surface area contributed by atoms with Gasteiger partial charge in [-0.2, -0.15) is 9.40 Å². The van der Waals surface area contributed by atoms with E-state index in [1.165, 1.54) is 11.1 Å². The lowest BCUT2D eigenvalue weighted by Crippen LogP contribution is -2.47. The zero-order valence-corrected chi connectivity index (χ0v) is 27.7. The van der Waals surface area contributed by atoms with Crippen LogP contribution in [0.3, 0.4) is 0 Å². The summed E-state index contributed by atoms with van der Waals surface area (Å²) in [6.45, 7) is 10.2. The predicted octanol–water partition coefficient (Wildman–Crippen LogP) is 3.56.